The highest BCUT2D eigenvalue weighted by molar-refractivity contribution is 6.29. The van der Waals surface area contributed by atoms with E-state index in [4.69, 9.17) is 16.7 Å². The summed E-state index contributed by atoms with van der Waals surface area (Å²) in [5.41, 5.74) is -0.266. The minimum Gasteiger partial charge on any atom is -0.396 e. The molecule has 2 rings (SSSR count). The van der Waals surface area contributed by atoms with Crippen LogP contribution in [-0.4, -0.2) is 36.8 Å². The Labute approximate surface area is 104 Å². The number of aliphatic hydroxyl groups is 1. The molecule has 0 unspecified atom stereocenters. The maximum Gasteiger partial charge on any atom is 0.255 e. The summed E-state index contributed by atoms with van der Waals surface area (Å²) in [6.07, 6.45) is 2.03. The summed E-state index contributed by atoms with van der Waals surface area (Å²) in [5.74, 6) is 1.15. The second-order valence-corrected chi connectivity index (χ2v) is 4.81. The van der Waals surface area contributed by atoms with Crippen molar-refractivity contribution in [2.75, 3.05) is 11.9 Å². The van der Waals surface area contributed by atoms with Gasteiger partial charge in [0.25, 0.3) is 5.78 Å². The van der Waals surface area contributed by atoms with Crippen LogP contribution in [0.3, 0.4) is 0 Å². The van der Waals surface area contributed by atoms with Crippen molar-refractivity contribution in [2.24, 2.45) is 0 Å². The molecule has 7 heteroatoms. The Bertz CT molecular complexity index is 524. The third-order valence-electron chi connectivity index (χ3n) is 2.42. The first kappa shape index (κ1) is 12.1. The Morgan fingerprint density at radius 1 is 1.53 bits per heavy atom. The highest BCUT2D eigenvalue weighted by Gasteiger charge is 2.19. The van der Waals surface area contributed by atoms with Gasteiger partial charge in [-0.05, 0) is 20.3 Å². The second-order valence-electron chi connectivity index (χ2n) is 4.42. The molecule has 0 spiro atoms. The van der Waals surface area contributed by atoms with Gasteiger partial charge < -0.3 is 10.4 Å². The first-order valence-electron chi connectivity index (χ1n) is 5.27. The molecular formula is C10H14ClN5O. The molecule has 2 N–H and O–H groups in total. The molecule has 0 radical (unpaired) electrons. The number of nitrogens with one attached hydrogen (secondary N) is 1. The lowest BCUT2D eigenvalue weighted by Gasteiger charge is -2.26. The Hall–Kier alpha value is -1.40. The summed E-state index contributed by atoms with van der Waals surface area (Å²) in [4.78, 5) is 8.02. The fourth-order valence-electron chi connectivity index (χ4n) is 1.56. The zero-order chi connectivity index (χ0) is 12.5. The van der Waals surface area contributed by atoms with Crippen LogP contribution in [0.2, 0.25) is 5.15 Å². The third kappa shape index (κ3) is 2.65. The van der Waals surface area contributed by atoms with Gasteiger partial charge in [0.2, 0.25) is 0 Å². The van der Waals surface area contributed by atoms with Gasteiger partial charge >= 0.3 is 0 Å². The van der Waals surface area contributed by atoms with Gasteiger partial charge in [-0.15, -0.1) is 0 Å². The lowest BCUT2D eigenvalue weighted by molar-refractivity contribution is 0.260. The van der Waals surface area contributed by atoms with Gasteiger partial charge in [0.15, 0.2) is 0 Å². The van der Waals surface area contributed by atoms with Gasteiger partial charge in [-0.25, -0.2) is 0 Å². The molecule has 2 aromatic heterocycles. The van der Waals surface area contributed by atoms with Crippen molar-refractivity contribution in [3.8, 4) is 0 Å². The lowest BCUT2D eigenvalue weighted by Crippen LogP contribution is -2.33. The van der Waals surface area contributed by atoms with Crippen molar-refractivity contribution in [1.29, 1.82) is 0 Å². The van der Waals surface area contributed by atoms with E-state index in [0.717, 1.165) is 0 Å². The van der Waals surface area contributed by atoms with Crippen LogP contribution in [0, 0.1) is 0 Å². The number of halogens is 1. The molecule has 0 fully saturated rings. The number of hydrogen-bond donors (Lipinski definition) is 2. The second kappa shape index (κ2) is 4.46. The first-order chi connectivity index (χ1) is 8.02. The molecule has 0 atom stereocenters. The van der Waals surface area contributed by atoms with Crippen molar-refractivity contribution in [2.45, 2.75) is 25.8 Å². The molecular weight excluding hydrogens is 242 g/mol. The van der Waals surface area contributed by atoms with Crippen molar-refractivity contribution >= 4 is 23.2 Å². The van der Waals surface area contributed by atoms with E-state index in [9.17, 15) is 0 Å². The molecule has 0 aliphatic carbocycles. The van der Waals surface area contributed by atoms with Gasteiger partial charge in [0, 0.05) is 18.2 Å². The summed E-state index contributed by atoms with van der Waals surface area (Å²) in [6.45, 7) is 4.08. The van der Waals surface area contributed by atoms with Gasteiger partial charge in [-0.3, -0.25) is 0 Å². The van der Waals surface area contributed by atoms with Crippen LogP contribution in [0.1, 0.15) is 20.3 Å². The van der Waals surface area contributed by atoms with Crippen LogP contribution in [-0.2, 0) is 0 Å². The summed E-state index contributed by atoms with van der Waals surface area (Å²) < 4.78 is 1.57. The van der Waals surface area contributed by atoms with E-state index in [1.807, 2.05) is 13.8 Å². The molecule has 17 heavy (non-hydrogen) atoms. The minimum absolute atomic E-state index is 0.110. The maximum absolute atomic E-state index is 8.99. The summed E-state index contributed by atoms with van der Waals surface area (Å²) >= 11 is 5.91. The Morgan fingerprint density at radius 3 is 3.00 bits per heavy atom. The van der Waals surface area contributed by atoms with E-state index in [1.165, 1.54) is 6.33 Å². The van der Waals surface area contributed by atoms with E-state index < -0.39 is 0 Å². The molecule has 0 bridgehead atoms. The van der Waals surface area contributed by atoms with E-state index >= 15 is 0 Å². The average molecular weight is 256 g/mol. The van der Waals surface area contributed by atoms with Crippen LogP contribution < -0.4 is 5.32 Å². The Balaban J connectivity index is 2.37. The highest BCUT2D eigenvalue weighted by Crippen LogP contribution is 2.20. The molecule has 2 heterocycles. The van der Waals surface area contributed by atoms with Crippen LogP contribution in [0.25, 0.3) is 5.78 Å². The molecule has 0 amide bonds. The SMILES string of the molecule is CC(C)(CCO)Nc1cc(Cl)nc2ncnn12. The smallest absolute Gasteiger partial charge is 0.255 e. The molecule has 2 aromatic rings. The van der Waals surface area contributed by atoms with E-state index in [2.05, 4.69) is 20.4 Å². The molecule has 92 valence electrons. The predicted octanol–water partition coefficient (Wildman–Crippen LogP) is 1.35. The van der Waals surface area contributed by atoms with Gasteiger partial charge in [-0.2, -0.15) is 19.6 Å². The molecule has 6 nitrogen and oxygen atoms in total. The van der Waals surface area contributed by atoms with E-state index in [0.29, 0.717) is 23.2 Å². The fourth-order valence-corrected chi connectivity index (χ4v) is 1.74. The maximum atomic E-state index is 8.99. The van der Waals surface area contributed by atoms with Crippen LogP contribution in [0.4, 0.5) is 5.82 Å². The average Bonchev–Trinajstić information content (AvgIpc) is 2.64. The topological polar surface area (TPSA) is 75.3 Å². The standard InChI is InChI=1S/C10H14ClN5O/c1-10(2,3-4-17)15-8-5-7(11)14-9-12-6-13-16(8)9/h5-6,15,17H,3-4H2,1-2H3. The largest absolute Gasteiger partial charge is 0.396 e. The molecule has 0 saturated heterocycles. The normalized spacial score (nSPS) is 12.0. The van der Waals surface area contributed by atoms with E-state index in [-0.39, 0.29) is 12.1 Å². The zero-order valence-corrected chi connectivity index (χ0v) is 10.4. The zero-order valence-electron chi connectivity index (χ0n) is 9.68. The molecule has 0 saturated carbocycles. The third-order valence-corrected chi connectivity index (χ3v) is 2.62. The number of hydrogen-bond acceptors (Lipinski definition) is 5. The number of aliphatic hydroxyl groups excluding tert-OH is 1. The van der Waals surface area contributed by atoms with Crippen molar-refractivity contribution in [3.05, 3.63) is 17.5 Å². The number of aromatic nitrogens is 4. The fraction of sp³-hybridized carbons (Fsp3) is 0.500. The van der Waals surface area contributed by atoms with Crippen molar-refractivity contribution in [1.82, 2.24) is 19.6 Å². The molecule has 0 aliphatic rings. The quantitative estimate of drug-likeness (QED) is 0.807. The van der Waals surface area contributed by atoms with Crippen molar-refractivity contribution in [3.63, 3.8) is 0 Å². The van der Waals surface area contributed by atoms with E-state index in [1.54, 1.807) is 10.6 Å². The number of nitrogens with zero attached hydrogens (tertiary/aromatic N) is 4. The number of anilines is 1. The highest BCUT2D eigenvalue weighted by atomic mass is 35.5. The number of rotatable bonds is 4. The van der Waals surface area contributed by atoms with Crippen LogP contribution in [0.5, 0.6) is 0 Å². The van der Waals surface area contributed by atoms with Crippen LogP contribution >= 0.6 is 11.6 Å². The Kier molecular flexibility index (Phi) is 3.17. The molecule has 0 aliphatic heterocycles. The minimum atomic E-state index is -0.266. The monoisotopic (exact) mass is 255 g/mol. The first-order valence-corrected chi connectivity index (χ1v) is 5.65. The van der Waals surface area contributed by atoms with Gasteiger partial charge in [-0.1, -0.05) is 11.6 Å². The Morgan fingerprint density at radius 2 is 2.29 bits per heavy atom. The predicted molar refractivity (Wildman–Crippen MR) is 65.2 cm³/mol. The summed E-state index contributed by atoms with van der Waals surface area (Å²) in [7, 11) is 0. The number of fused-ring (bicyclic) bond motifs is 1. The van der Waals surface area contributed by atoms with Crippen LogP contribution in [0.15, 0.2) is 12.4 Å². The van der Waals surface area contributed by atoms with Gasteiger partial charge in [0.05, 0.1) is 0 Å². The summed E-state index contributed by atoms with van der Waals surface area (Å²) in [5, 5.41) is 16.7. The van der Waals surface area contributed by atoms with Gasteiger partial charge in [0.1, 0.15) is 17.3 Å². The van der Waals surface area contributed by atoms with Crippen molar-refractivity contribution < 1.29 is 5.11 Å². The lowest BCUT2D eigenvalue weighted by atomic mass is 10.0. The molecule has 0 aromatic carbocycles. The summed E-state index contributed by atoms with van der Waals surface area (Å²) in [6, 6.07) is 1.68.